The molecule has 0 aromatic heterocycles. The summed E-state index contributed by atoms with van der Waals surface area (Å²) in [7, 11) is 0. The fourth-order valence-corrected chi connectivity index (χ4v) is 13.8. The van der Waals surface area contributed by atoms with Crippen molar-refractivity contribution in [1.29, 1.82) is 0 Å². The van der Waals surface area contributed by atoms with Crippen LogP contribution in [0, 0.1) is 56.7 Å². The van der Waals surface area contributed by atoms with E-state index in [1.165, 1.54) is 43.4 Å². The summed E-state index contributed by atoms with van der Waals surface area (Å²) in [5, 5.41) is 26.5. The number of allylic oxidation sites excluding steroid dienone is 1. The number of unbranched alkanes of at least 4 members (excludes halogenated alkanes) is 4. The zero-order chi connectivity index (χ0) is 37.7. The Hall–Kier alpha value is -2.67. The normalized spacial score (nSPS) is 38.9. The number of nitrogens with one attached hydrogen (secondary N) is 2. The fourth-order valence-electron chi connectivity index (χ4n) is 13.8. The van der Waals surface area contributed by atoms with Gasteiger partial charge >= 0.3 is 5.97 Å². The monoisotopic (exact) mass is 717 g/mol. The van der Waals surface area contributed by atoms with Gasteiger partial charge in [0.15, 0.2) is 0 Å². The van der Waals surface area contributed by atoms with Crippen molar-refractivity contribution in [1.82, 2.24) is 10.6 Å². The lowest BCUT2D eigenvalue weighted by atomic mass is 9.32. The van der Waals surface area contributed by atoms with E-state index in [9.17, 15) is 19.5 Å². The van der Waals surface area contributed by atoms with Crippen molar-refractivity contribution < 1.29 is 24.6 Å². The Kier molecular flexibility index (Phi) is 10.9. The van der Waals surface area contributed by atoms with E-state index >= 15 is 0 Å². The van der Waals surface area contributed by atoms with Crippen molar-refractivity contribution in [2.24, 2.45) is 56.7 Å². The van der Waals surface area contributed by atoms with Crippen LogP contribution in [0.1, 0.15) is 159 Å². The molecule has 7 heteroatoms. The van der Waals surface area contributed by atoms with E-state index in [2.05, 4.69) is 58.8 Å². The molecule has 5 saturated carbocycles. The average molecular weight is 717 g/mol. The number of carboxylic acid groups (broad SMARTS) is 1. The molecule has 288 valence electrons. The highest BCUT2D eigenvalue weighted by atomic mass is 16.4. The summed E-state index contributed by atoms with van der Waals surface area (Å²) in [4.78, 5) is 37.9. The van der Waals surface area contributed by atoms with Gasteiger partial charge in [-0.05, 0) is 159 Å². The molecule has 0 unspecified atom stereocenters. The number of carbonyl (C=O) groups is 3. The van der Waals surface area contributed by atoms with Crippen molar-refractivity contribution in [3.05, 3.63) is 47.5 Å². The molecule has 1 aromatic rings. The molecule has 1 aromatic carbocycles. The third-order valence-corrected chi connectivity index (χ3v) is 16.8. The Morgan fingerprint density at radius 2 is 1.37 bits per heavy atom. The number of benzene rings is 1. The van der Waals surface area contributed by atoms with Gasteiger partial charge in [0.2, 0.25) is 5.91 Å². The Balaban J connectivity index is 1.03. The number of aromatic carboxylic acids is 1. The van der Waals surface area contributed by atoms with Crippen LogP contribution in [0.2, 0.25) is 0 Å². The van der Waals surface area contributed by atoms with Crippen LogP contribution < -0.4 is 10.6 Å². The minimum atomic E-state index is -1.00. The van der Waals surface area contributed by atoms with E-state index in [0.717, 1.165) is 77.2 Å². The molecule has 0 aliphatic heterocycles. The SMILES string of the molecule is C=C(C)[C@@H]1CC[C@]2(C(=O)NCCCCCCCNC(=O)c3ccc(C(=O)O)cc3)CC[C@]3(C)[C@H](CC[C@@H]4[C@@]5(C)CC[C@H](O)C(C)(C)[C@@H]5CC[C@]43C)[C@@H]12. The molecule has 5 aliphatic rings. The van der Waals surface area contributed by atoms with Crippen LogP contribution in [0.5, 0.6) is 0 Å². The fraction of sp³-hybridized carbons (Fsp3) is 0.756. The largest absolute Gasteiger partial charge is 0.478 e. The minimum Gasteiger partial charge on any atom is -0.478 e. The topological polar surface area (TPSA) is 116 Å². The maximum absolute atomic E-state index is 14.4. The van der Waals surface area contributed by atoms with Crippen LogP contribution in [0.15, 0.2) is 36.4 Å². The molecule has 0 spiro atoms. The summed E-state index contributed by atoms with van der Waals surface area (Å²) < 4.78 is 0. The summed E-state index contributed by atoms with van der Waals surface area (Å²) in [6.07, 6.45) is 15.9. The number of carbonyl (C=O) groups excluding carboxylic acids is 2. The standard InChI is InChI=1S/C45H68N2O5/c1-29(2)32-19-24-45(40(52)47-28-12-10-8-9-11-27-46-38(49)30-13-15-31(16-14-30)39(50)51)26-25-43(6)33(37(32)45)17-18-35-42(5)22-21-36(48)41(3,4)34(42)20-23-44(35,43)7/h13-16,32-37,48H,1,8-12,17-28H2,2-7H3,(H,46,49)(H,47,52)(H,50,51)/t32-,33+,34-,35+,36-,37+,42-,43+,44+,45-/m0/s1. The maximum atomic E-state index is 14.4. The number of hydrogen-bond donors (Lipinski definition) is 4. The Labute approximate surface area is 313 Å². The molecule has 5 aliphatic carbocycles. The van der Waals surface area contributed by atoms with Gasteiger partial charge in [-0.1, -0.05) is 66.0 Å². The van der Waals surface area contributed by atoms with E-state index in [0.29, 0.717) is 47.6 Å². The molecule has 0 bridgehead atoms. The molecule has 52 heavy (non-hydrogen) atoms. The molecular formula is C45H68N2O5. The second-order valence-corrected chi connectivity index (χ2v) is 19.4. The molecule has 6 rings (SSSR count). The first-order chi connectivity index (χ1) is 24.5. The van der Waals surface area contributed by atoms with Crippen LogP contribution in [-0.4, -0.2) is 47.2 Å². The molecule has 4 N–H and O–H groups in total. The van der Waals surface area contributed by atoms with E-state index in [-0.39, 0.29) is 44.6 Å². The van der Waals surface area contributed by atoms with Crippen molar-refractivity contribution in [3.63, 3.8) is 0 Å². The number of hydrogen-bond acceptors (Lipinski definition) is 4. The van der Waals surface area contributed by atoms with E-state index in [1.807, 2.05) is 0 Å². The first-order valence-corrected chi connectivity index (χ1v) is 20.8. The molecule has 0 radical (unpaired) electrons. The van der Waals surface area contributed by atoms with Crippen LogP contribution in [-0.2, 0) is 4.79 Å². The van der Waals surface area contributed by atoms with Gasteiger partial charge in [0.1, 0.15) is 0 Å². The lowest BCUT2D eigenvalue weighted by molar-refractivity contribution is -0.246. The summed E-state index contributed by atoms with van der Waals surface area (Å²) in [5.74, 6) is 1.64. The molecule has 7 nitrogen and oxygen atoms in total. The van der Waals surface area contributed by atoms with Gasteiger partial charge in [-0.3, -0.25) is 9.59 Å². The quantitative estimate of drug-likeness (QED) is 0.127. The number of aliphatic hydroxyl groups is 1. The highest BCUT2D eigenvalue weighted by Crippen LogP contribution is 2.77. The van der Waals surface area contributed by atoms with Gasteiger partial charge in [0, 0.05) is 18.7 Å². The smallest absolute Gasteiger partial charge is 0.335 e. The first kappa shape index (κ1) is 39.0. The second-order valence-electron chi connectivity index (χ2n) is 19.4. The predicted octanol–water partition coefficient (Wildman–Crippen LogP) is 9.20. The van der Waals surface area contributed by atoms with Gasteiger partial charge in [0.25, 0.3) is 5.91 Å². The van der Waals surface area contributed by atoms with Gasteiger partial charge in [-0.15, -0.1) is 0 Å². The number of rotatable bonds is 12. The van der Waals surface area contributed by atoms with Crippen molar-refractivity contribution in [2.75, 3.05) is 13.1 Å². The van der Waals surface area contributed by atoms with Crippen LogP contribution >= 0.6 is 0 Å². The van der Waals surface area contributed by atoms with Gasteiger partial charge in [-0.25, -0.2) is 4.79 Å². The predicted molar refractivity (Wildman–Crippen MR) is 207 cm³/mol. The number of aliphatic hydroxyl groups excluding tert-OH is 1. The van der Waals surface area contributed by atoms with Crippen molar-refractivity contribution in [2.45, 2.75) is 144 Å². The summed E-state index contributed by atoms with van der Waals surface area (Å²) in [5.41, 5.74) is 2.26. The zero-order valence-corrected chi connectivity index (χ0v) is 33.1. The van der Waals surface area contributed by atoms with E-state index < -0.39 is 5.97 Å². The molecule has 5 fully saturated rings. The second kappa shape index (κ2) is 14.5. The summed E-state index contributed by atoms with van der Waals surface area (Å²) >= 11 is 0. The van der Waals surface area contributed by atoms with Crippen molar-refractivity contribution >= 4 is 17.8 Å². The third-order valence-electron chi connectivity index (χ3n) is 16.8. The lowest BCUT2D eigenvalue weighted by Crippen LogP contribution is -2.67. The minimum absolute atomic E-state index is 0.0409. The van der Waals surface area contributed by atoms with Gasteiger partial charge in [-0.2, -0.15) is 0 Å². The van der Waals surface area contributed by atoms with Crippen molar-refractivity contribution in [3.8, 4) is 0 Å². The molecule has 2 amide bonds. The molecule has 0 heterocycles. The molecule has 10 atom stereocenters. The number of carboxylic acids is 1. The highest BCUT2D eigenvalue weighted by Gasteiger charge is 2.71. The van der Waals surface area contributed by atoms with E-state index in [1.54, 1.807) is 12.1 Å². The Bertz CT molecular complexity index is 1520. The van der Waals surface area contributed by atoms with Crippen LogP contribution in [0.4, 0.5) is 0 Å². The average Bonchev–Trinajstić information content (AvgIpc) is 3.51. The van der Waals surface area contributed by atoms with Gasteiger partial charge < -0.3 is 20.8 Å². The third kappa shape index (κ3) is 6.37. The number of amides is 2. The van der Waals surface area contributed by atoms with E-state index in [4.69, 9.17) is 5.11 Å². The first-order valence-electron chi connectivity index (χ1n) is 20.8. The summed E-state index contributed by atoms with van der Waals surface area (Å²) in [6.45, 7) is 20.6. The zero-order valence-electron chi connectivity index (χ0n) is 33.1. The molecule has 0 saturated heterocycles. The maximum Gasteiger partial charge on any atom is 0.335 e. The lowest BCUT2D eigenvalue weighted by Gasteiger charge is -2.72. The van der Waals surface area contributed by atoms with Gasteiger partial charge in [0.05, 0.1) is 17.1 Å². The van der Waals surface area contributed by atoms with Crippen LogP contribution in [0.25, 0.3) is 0 Å². The summed E-state index contributed by atoms with van der Waals surface area (Å²) in [6, 6.07) is 6.00. The Morgan fingerprint density at radius 1 is 0.731 bits per heavy atom. The Morgan fingerprint density at radius 3 is 2.02 bits per heavy atom. The van der Waals surface area contributed by atoms with Crippen LogP contribution in [0.3, 0.4) is 0 Å². The molecular weight excluding hydrogens is 649 g/mol. The number of fused-ring (bicyclic) bond motifs is 7. The highest BCUT2D eigenvalue weighted by molar-refractivity contribution is 5.95.